The van der Waals surface area contributed by atoms with Crippen molar-refractivity contribution in [1.82, 2.24) is 0 Å². The van der Waals surface area contributed by atoms with E-state index >= 15 is 0 Å². The van der Waals surface area contributed by atoms with Gasteiger partial charge in [0.2, 0.25) is 0 Å². The molecule has 2 unspecified atom stereocenters. The molecule has 0 amide bonds. The van der Waals surface area contributed by atoms with Gasteiger partial charge in [0.05, 0.1) is 0 Å². The van der Waals surface area contributed by atoms with Crippen LogP contribution in [0.1, 0.15) is 38.7 Å². The average molecular weight is 518 g/mol. The lowest BCUT2D eigenvalue weighted by atomic mass is 10.1. The zero-order valence-corrected chi connectivity index (χ0v) is 19.0. The number of aliphatic hydroxyl groups excluding tert-OH is 2. The molecule has 0 saturated heterocycles. The minimum atomic E-state index is -0.617. The second-order valence-corrected chi connectivity index (χ2v) is 10.1. The molecule has 5 heteroatoms. The lowest BCUT2D eigenvalue weighted by Gasteiger charge is -2.09. The van der Waals surface area contributed by atoms with Crippen LogP contribution in [0, 0.1) is 10.5 Å². The van der Waals surface area contributed by atoms with Gasteiger partial charge in [0, 0.05) is 23.1 Å². The third-order valence-electron chi connectivity index (χ3n) is 4.61. The maximum absolute atomic E-state index is 10.7. The number of halogens is 1. The molecule has 2 atom stereocenters. The molecule has 2 heterocycles. The summed E-state index contributed by atoms with van der Waals surface area (Å²) < 4.78 is 1.15. The fourth-order valence-corrected chi connectivity index (χ4v) is 5.48. The number of thiophene rings is 2. The van der Waals surface area contributed by atoms with E-state index in [1.807, 2.05) is 79.7 Å². The van der Waals surface area contributed by atoms with Gasteiger partial charge in [0.15, 0.2) is 0 Å². The van der Waals surface area contributed by atoms with Gasteiger partial charge in [-0.15, -0.1) is 22.7 Å². The molecule has 142 valence electrons. The summed E-state index contributed by atoms with van der Waals surface area (Å²) in [4.78, 5) is 4.05. The van der Waals surface area contributed by atoms with E-state index in [9.17, 15) is 10.2 Å². The van der Waals surface area contributed by atoms with Crippen molar-refractivity contribution < 1.29 is 10.2 Å². The van der Waals surface area contributed by atoms with Gasteiger partial charge in [-0.25, -0.2) is 0 Å². The summed E-state index contributed by atoms with van der Waals surface area (Å²) in [7, 11) is 0. The Morgan fingerprint density at radius 1 is 0.643 bits per heavy atom. The first-order valence-electron chi connectivity index (χ1n) is 8.89. The second kappa shape index (κ2) is 8.47. The normalized spacial score (nSPS) is 13.4. The largest absolute Gasteiger partial charge is 0.383 e. The molecule has 4 rings (SSSR count). The van der Waals surface area contributed by atoms with Crippen LogP contribution in [0.15, 0.2) is 72.8 Å². The maximum atomic E-state index is 10.7. The highest BCUT2D eigenvalue weighted by Gasteiger charge is 2.17. The Kier molecular flexibility index (Phi) is 5.99. The van der Waals surface area contributed by atoms with Crippen molar-refractivity contribution in [3.8, 4) is 9.75 Å². The van der Waals surface area contributed by atoms with Crippen LogP contribution in [0.2, 0.25) is 0 Å². The third-order valence-corrected chi connectivity index (χ3v) is 7.80. The molecule has 0 radical (unpaired) electrons. The molecule has 0 saturated carbocycles. The molecule has 28 heavy (non-hydrogen) atoms. The fraction of sp³-hybridized carbons (Fsp3) is 0.130. The van der Waals surface area contributed by atoms with Crippen LogP contribution < -0.4 is 0 Å². The molecule has 4 aromatic rings. The molecule has 2 N–H and O–H groups in total. The lowest BCUT2D eigenvalue weighted by molar-refractivity contribution is 0.224. The van der Waals surface area contributed by atoms with E-state index in [0.29, 0.717) is 0 Å². The zero-order valence-electron chi connectivity index (χ0n) is 15.2. The topological polar surface area (TPSA) is 40.5 Å². The number of aliphatic hydroxyl groups is 2. The highest BCUT2D eigenvalue weighted by molar-refractivity contribution is 14.1. The SMILES string of the molecule is Cc1ccc(C(O)c2ccc(-c3ccc(C(O)c4ccc(I)cc4)s3)s2)cc1. The molecule has 2 nitrogen and oxygen atoms in total. The summed E-state index contributed by atoms with van der Waals surface area (Å²) in [5, 5.41) is 21.4. The van der Waals surface area contributed by atoms with Crippen LogP contribution in [0.25, 0.3) is 9.75 Å². The number of hydrogen-bond acceptors (Lipinski definition) is 4. The molecule has 0 aliphatic rings. The Bertz CT molecular complexity index is 977. The van der Waals surface area contributed by atoms with E-state index in [0.717, 1.165) is 34.2 Å². The van der Waals surface area contributed by atoms with Crippen molar-refractivity contribution in [2.24, 2.45) is 0 Å². The van der Waals surface area contributed by atoms with E-state index in [1.165, 1.54) is 5.56 Å². The predicted molar refractivity (Wildman–Crippen MR) is 126 cm³/mol. The zero-order chi connectivity index (χ0) is 19.7. The quantitative estimate of drug-likeness (QED) is 0.294. The first-order chi connectivity index (χ1) is 13.5. The first-order valence-corrected chi connectivity index (χ1v) is 11.6. The molecule has 0 spiro atoms. The summed E-state index contributed by atoms with van der Waals surface area (Å²) in [5.41, 5.74) is 2.98. The highest BCUT2D eigenvalue weighted by Crippen LogP contribution is 2.39. The van der Waals surface area contributed by atoms with Gasteiger partial charge in [-0.3, -0.25) is 0 Å². The molecule has 0 aliphatic heterocycles. The lowest BCUT2D eigenvalue weighted by Crippen LogP contribution is -1.96. The summed E-state index contributed by atoms with van der Waals surface area (Å²) >= 11 is 5.45. The highest BCUT2D eigenvalue weighted by atomic mass is 127. The number of benzene rings is 2. The van der Waals surface area contributed by atoms with Crippen molar-refractivity contribution in [1.29, 1.82) is 0 Å². The molecular weight excluding hydrogens is 499 g/mol. The Morgan fingerprint density at radius 3 is 1.54 bits per heavy atom. The van der Waals surface area contributed by atoms with Crippen LogP contribution in [0.3, 0.4) is 0 Å². The van der Waals surface area contributed by atoms with Gasteiger partial charge in [-0.1, -0.05) is 42.0 Å². The summed E-state index contributed by atoms with van der Waals surface area (Å²) in [5.74, 6) is 0. The molecule has 2 aromatic heterocycles. The monoisotopic (exact) mass is 518 g/mol. The van der Waals surface area contributed by atoms with E-state index in [4.69, 9.17) is 0 Å². The second-order valence-electron chi connectivity index (χ2n) is 6.67. The average Bonchev–Trinajstić information content (AvgIpc) is 3.38. The molecule has 0 aliphatic carbocycles. The smallest absolute Gasteiger partial charge is 0.113 e. The third kappa shape index (κ3) is 4.23. The van der Waals surface area contributed by atoms with Gasteiger partial charge in [-0.2, -0.15) is 0 Å². The number of hydrogen-bond donors (Lipinski definition) is 2. The molecule has 0 fully saturated rings. The summed E-state index contributed by atoms with van der Waals surface area (Å²) in [6, 6.07) is 24.0. The van der Waals surface area contributed by atoms with Gasteiger partial charge < -0.3 is 10.2 Å². The van der Waals surface area contributed by atoms with Crippen LogP contribution in [0.5, 0.6) is 0 Å². The van der Waals surface area contributed by atoms with Gasteiger partial charge >= 0.3 is 0 Å². The summed E-state index contributed by atoms with van der Waals surface area (Å²) in [6.45, 7) is 2.04. The van der Waals surface area contributed by atoms with Crippen molar-refractivity contribution in [2.45, 2.75) is 19.1 Å². The molecular formula is C23H19IO2S2. The standard InChI is InChI=1S/C23H19IO2S2/c1-14-2-4-15(5-3-14)22(25)20-12-10-18(27-20)19-11-13-21(28-19)23(26)16-6-8-17(24)9-7-16/h2-13,22-23,25-26H,1H3. The Hall–Kier alpha value is -1.51. The Morgan fingerprint density at radius 2 is 1.07 bits per heavy atom. The Balaban J connectivity index is 1.54. The molecule has 0 bridgehead atoms. The predicted octanol–water partition coefficient (Wildman–Crippen LogP) is 6.55. The van der Waals surface area contributed by atoms with Crippen LogP contribution in [-0.2, 0) is 0 Å². The van der Waals surface area contributed by atoms with Gasteiger partial charge in [-0.05, 0) is 77.0 Å². The molecule has 2 aromatic carbocycles. The van der Waals surface area contributed by atoms with Gasteiger partial charge in [0.1, 0.15) is 12.2 Å². The number of aryl methyl sites for hydroxylation is 1. The van der Waals surface area contributed by atoms with Crippen molar-refractivity contribution in [3.63, 3.8) is 0 Å². The summed E-state index contributed by atoms with van der Waals surface area (Å²) in [6.07, 6.45) is -1.23. The van der Waals surface area contributed by atoms with Crippen LogP contribution in [-0.4, -0.2) is 10.2 Å². The minimum absolute atomic E-state index is 0.615. The van der Waals surface area contributed by atoms with Crippen molar-refractivity contribution in [3.05, 3.63) is 103 Å². The van der Waals surface area contributed by atoms with E-state index in [2.05, 4.69) is 22.6 Å². The van der Waals surface area contributed by atoms with E-state index in [-0.39, 0.29) is 0 Å². The van der Waals surface area contributed by atoms with Crippen molar-refractivity contribution >= 4 is 45.3 Å². The van der Waals surface area contributed by atoms with E-state index < -0.39 is 12.2 Å². The van der Waals surface area contributed by atoms with E-state index in [1.54, 1.807) is 22.7 Å². The first kappa shape index (κ1) is 19.8. The van der Waals surface area contributed by atoms with Gasteiger partial charge in [0.25, 0.3) is 0 Å². The van der Waals surface area contributed by atoms with Crippen LogP contribution >= 0.6 is 45.3 Å². The maximum Gasteiger partial charge on any atom is 0.113 e. The fourth-order valence-electron chi connectivity index (χ4n) is 2.99. The minimum Gasteiger partial charge on any atom is -0.383 e. The number of rotatable bonds is 5. The van der Waals surface area contributed by atoms with Crippen LogP contribution in [0.4, 0.5) is 0 Å². The van der Waals surface area contributed by atoms with Crippen molar-refractivity contribution in [2.75, 3.05) is 0 Å². The Labute approximate surface area is 186 Å².